The Morgan fingerprint density at radius 1 is 0.943 bits per heavy atom. The van der Waals surface area contributed by atoms with Gasteiger partial charge in [0.15, 0.2) is 0 Å². The van der Waals surface area contributed by atoms with Crippen LogP contribution in [0, 0.1) is 6.92 Å². The van der Waals surface area contributed by atoms with Gasteiger partial charge in [-0.05, 0) is 29.8 Å². The van der Waals surface area contributed by atoms with Crippen LogP contribution >= 0.6 is 0 Å². The van der Waals surface area contributed by atoms with Crippen LogP contribution in [0.3, 0.4) is 0 Å². The number of fused-ring (bicyclic) bond motifs is 1. The molecule has 5 rings (SSSR count). The molecular weight excluding hydrogens is 464 g/mol. The van der Waals surface area contributed by atoms with Crippen molar-refractivity contribution in [2.24, 2.45) is 0 Å². The lowest BCUT2D eigenvalue weighted by Crippen LogP contribution is -2.50. The Bertz CT molecular complexity index is 1460. The molecule has 1 aromatic heterocycles. The second-order valence-electron chi connectivity index (χ2n) is 8.67. The van der Waals surface area contributed by atoms with E-state index in [1.54, 1.807) is 17.0 Å². The van der Waals surface area contributed by atoms with Crippen molar-refractivity contribution in [3.8, 4) is 11.4 Å². The van der Waals surface area contributed by atoms with Gasteiger partial charge in [-0.25, -0.2) is 8.42 Å². The zero-order valence-electron chi connectivity index (χ0n) is 19.4. The van der Waals surface area contributed by atoms with Gasteiger partial charge in [-0.1, -0.05) is 65.3 Å². The predicted octanol–water partition coefficient (Wildman–Crippen LogP) is 3.66. The fourth-order valence-electron chi connectivity index (χ4n) is 4.20. The van der Waals surface area contributed by atoms with E-state index in [4.69, 9.17) is 4.52 Å². The molecule has 1 amide bonds. The number of hydrogen-bond donors (Lipinski definition) is 0. The van der Waals surface area contributed by atoms with Crippen LogP contribution in [0.25, 0.3) is 22.2 Å². The number of piperazine rings is 1. The highest BCUT2D eigenvalue weighted by Gasteiger charge is 2.30. The van der Waals surface area contributed by atoms with E-state index in [2.05, 4.69) is 10.1 Å². The van der Waals surface area contributed by atoms with Gasteiger partial charge in [0.2, 0.25) is 27.6 Å². The first-order chi connectivity index (χ1) is 16.9. The molecule has 0 saturated carbocycles. The molecule has 0 atom stereocenters. The van der Waals surface area contributed by atoms with E-state index in [-0.39, 0.29) is 30.3 Å². The Morgan fingerprint density at radius 2 is 1.66 bits per heavy atom. The van der Waals surface area contributed by atoms with Crippen molar-refractivity contribution in [3.05, 3.63) is 78.2 Å². The number of rotatable bonds is 6. The molecule has 0 unspecified atom stereocenters. The zero-order valence-corrected chi connectivity index (χ0v) is 20.2. The third kappa shape index (κ3) is 4.96. The normalized spacial score (nSPS) is 14.9. The molecule has 0 N–H and O–H groups in total. The van der Waals surface area contributed by atoms with Crippen molar-refractivity contribution < 1.29 is 17.7 Å². The molecule has 2 heterocycles. The zero-order chi connectivity index (χ0) is 24.4. The number of aryl methyl sites for hydroxylation is 2. The summed E-state index contributed by atoms with van der Waals surface area (Å²) < 4.78 is 33.1. The van der Waals surface area contributed by atoms with Gasteiger partial charge in [-0.15, -0.1) is 0 Å². The summed E-state index contributed by atoms with van der Waals surface area (Å²) >= 11 is 0. The second-order valence-corrected chi connectivity index (χ2v) is 10.6. The summed E-state index contributed by atoms with van der Waals surface area (Å²) in [6.07, 6.45) is 0.570. The Labute approximate surface area is 204 Å². The van der Waals surface area contributed by atoms with Gasteiger partial charge in [0, 0.05) is 44.6 Å². The molecule has 180 valence electrons. The minimum absolute atomic E-state index is 0.0529. The monoisotopic (exact) mass is 490 g/mol. The minimum Gasteiger partial charge on any atom is -0.340 e. The third-order valence-corrected chi connectivity index (χ3v) is 8.18. The van der Waals surface area contributed by atoms with Gasteiger partial charge in [0.25, 0.3) is 0 Å². The van der Waals surface area contributed by atoms with Crippen LogP contribution in [0.4, 0.5) is 0 Å². The first-order valence-corrected chi connectivity index (χ1v) is 13.0. The van der Waals surface area contributed by atoms with Crippen molar-refractivity contribution >= 4 is 26.7 Å². The van der Waals surface area contributed by atoms with E-state index < -0.39 is 10.0 Å². The van der Waals surface area contributed by atoms with Crippen molar-refractivity contribution in [1.82, 2.24) is 19.3 Å². The van der Waals surface area contributed by atoms with Crippen molar-refractivity contribution in [1.29, 1.82) is 0 Å². The fraction of sp³-hybridized carbons (Fsp3) is 0.269. The molecule has 3 aromatic carbocycles. The lowest BCUT2D eigenvalue weighted by Gasteiger charge is -2.34. The maximum absolute atomic E-state index is 13.2. The molecule has 1 saturated heterocycles. The molecule has 8 nitrogen and oxygen atoms in total. The van der Waals surface area contributed by atoms with Crippen LogP contribution in [-0.4, -0.2) is 59.8 Å². The molecule has 0 radical (unpaired) electrons. The first-order valence-electron chi connectivity index (χ1n) is 11.6. The van der Waals surface area contributed by atoms with E-state index in [0.29, 0.717) is 31.2 Å². The molecule has 35 heavy (non-hydrogen) atoms. The summed E-state index contributed by atoms with van der Waals surface area (Å²) in [4.78, 5) is 19.1. The number of carbonyl (C=O) groups excluding carboxylic acids is 1. The molecule has 0 aliphatic carbocycles. The third-order valence-electron chi connectivity index (χ3n) is 6.28. The summed E-state index contributed by atoms with van der Waals surface area (Å²) in [5.41, 5.74) is 2.01. The van der Waals surface area contributed by atoms with Crippen LogP contribution in [0.15, 0.2) is 76.1 Å². The van der Waals surface area contributed by atoms with Crippen LogP contribution < -0.4 is 0 Å². The van der Waals surface area contributed by atoms with E-state index >= 15 is 0 Å². The highest BCUT2D eigenvalue weighted by molar-refractivity contribution is 7.89. The van der Waals surface area contributed by atoms with Gasteiger partial charge in [0.1, 0.15) is 0 Å². The van der Waals surface area contributed by atoms with Crippen LogP contribution in [-0.2, 0) is 21.2 Å². The number of aromatic nitrogens is 2. The molecule has 1 aliphatic heterocycles. The molecule has 9 heteroatoms. The summed E-state index contributed by atoms with van der Waals surface area (Å²) in [6, 6.07) is 20.7. The summed E-state index contributed by atoms with van der Waals surface area (Å²) in [7, 11) is -3.62. The van der Waals surface area contributed by atoms with Crippen LogP contribution in [0.5, 0.6) is 0 Å². The molecule has 1 fully saturated rings. The van der Waals surface area contributed by atoms with Gasteiger partial charge < -0.3 is 9.42 Å². The number of benzene rings is 3. The Morgan fingerprint density at radius 3 is 2.40 bits per heavy atom. The van der Waals surface area contributed by atoms with E-state index in [9.17, 15) is 13.2 Å². The largest absolute Gasteiger partial charge is 0.340 e. The van der Waals surface area contributed by atoms with E-state index in [1.165, 1.54) is 4.31 Å². The Hall–Kier alpha value is -3.56. The Kier molecular flexibility index (Phi) is 6.36. The lowest BCUT2D eigenvalue weighted by molar-refractivity contribution is -0.132. The fourth-order valence-corrected chi connectivity index (χ4v) is 5.66. The summed E-state index contributed by atoms with van der Waals surface area (Å²) in [6.45, 7) is 3.24. The van der Waals surface area contributed by atoms with Gasteiger partial charge in [-0.3, -0.25) is 4.79 Å². The van der Waals surface area contributed by atoms with Crippen molar-refractivity contribution in [2.75, 3.05) is 26.2 Å². The number of hydrogen-bond acceptors (Lipinski definition) is 6. The first kappa shape index (κ1) is 23.2. The van der Waals surface area contributed by atoms with Crippen LogP contribution in [0.1, 0.15) is 17.9 Å². The quantitative estimate of drug-likeness (QED) is 0.409. The average molecular weight is 491 g/mol. The van der Waals surface area contributed by atoms with Gasteiger partial charge in [0.05, 0.1) is 4.90 Å². The molecule has 4 aromatic rings. The van der Waals surface area contributed by atoms with Crippen LogP contribution in [0.2, 0.25) is 0 Å². The highest BCUT2D eigenvalue weighted by Crippen LogP contribution is 2.23. The lowest BCUT2D eigenvalue weighted by atomic mass is 10.1. The average Bonchev–Trinajstić information content (AvgIpc) is 3.36. The topological polar surface area (TPSA) is 96.6 Å². The standard InChI is InChI=1S/C26H26N4O4S/c1-19-6-8-21(9-7-19)26-27-24(34-28-26)12-13-25(31)29-14-16-30(17-15-29)35(32,33)23-11-10-20-4-2-3-5-22(20)18-23/h2-11,18H,12-17H2,1H3. The maximum Gasteiger partial charge on any atom is 0.243 e. The summed E-state index contributed by atoms with van der Waals surface area (Å²) in [5.74, 6) is 0.856. The van der Waals surface area contributed by atoms with E-state index in [1.807, 2.05) is 61.5 Å². The summed E-state index contributed by atoms with van der Waals surface area (Å²) in [5, 5.41) is 5.88. The molecule has 0 spiro atoms. The molecule has 1 aliphatic rings. The number of nitrogens with zero attached hydrogens (tertiary/aromatic N) is 4. The SMILES string of the molecule is Cc1ccc(-c2noc(CCC(=O)N3CCN(S(=O)(=O)c4ccc5ccccc5c4)CC3)n2)cc1. The van der Waals surface area contributed by atoms with Gasteiger partial charge >= 0.3 is 0 Å². The predicted molar refractivity (Wildman–Crippen MR) is 132 cm³/mol. The highest BCUT2D eigenvalue weighted by atomic mass is 32.2. The van der Waals surface area contributed by atoms with E-state index in [0.717, 1.165) is 21.9 Å². The van der Waals surface area contributed by atoms with Gasteiger partial charge in [-0.2, -0.15) is 9.29 Å². The second kappa shape index (κ2) is 9.59. The Balaban J connectivity index is 1.16. The smallest absolute Gasteiger partial charge is 0.243 e. The van der Waals surface area contributed by atoms with Crippen molar-refractivity contribution in [2.45, 2.75) is 24.7 Å². The number of sulfonamides is 1. The number of amides is 1. The minimum atomic E-state index is -3.62. The maximum atomic E-state index is 13.2. The number of carbonyl (C=O) groups is 1. The molecular formula is C26H26N4O4S. The molecule has 0 bridgehead atoms. The van der Waals surface area contributed by atoms with Crippen molar-refractivity contribution in [3.63, 3.8) is 0 Å².